The van der Waals surface area contributed by atoms with Gasteiger partial charge >= 0.3 is 0 Å². The standard InChI is InChI=1S/C19H29NO5S/c1-14-11-16(24-3)17(12-15(14)23-2)26(21,22)20-10-6-9-19(13-20)8-5-7-18(19)25-4/h11-12,18H,5-10,13H2,1-4H3/t18?,19-/m1/s1. The molecule has 3 rings (SSSR count). The van der Waals surface area contributed by atoms with Crippen molar-refractivity contribution in [3.05, 3.63) is 17.7 Å². The predicted molar refractivity (Wildman–Crippen MR) is 99.4 cm³/mol. The van der Waals surface area contributed by atoms with Crippen LogP contribution < -0.4 is 9.47 Å². The molecule has 1 aliphatic carbocycles. The second kappa shape index (κ2) is 7.37. The largest absolute Gasteiger partial charge is 0.496 e. The molecule has 0 amide bonds. The van der Waals surface area contributed by atoms with Gasteiger partial charge in [-0.1, -0.05) is 6.42 Å². The molecule has 7 heteroatoms. The highest BCUT2D eigenvalue weighted by molar-refractivity contribution is 7.89. The van der Waals surface area contributed by atoms with Crippen LogP contribution in [0.2, 0.25) is 0 Å². The van der Waals surface area contributed by atoms with E-state index in [1.54, 1.807) is 30.7 Å². The van der Waals surface area contributed by atoms with Gasteiger partial charge in [-0.05, 0) is 44.2 Å². The molecule has 1 aromatic carbocycles. The van der Waals surface area contributed by atoms with Gasteiger partial charge in [0.25, 0.3) is 0 Å². The lowest BCUT2D eigenvalue weighted by Gasteiger charge is -2.43. The van der Waals surface area contributed by atoms with Gasteiger partial charge in [0.2, 0.25) is 10.0 Å². The van der Waals surface area contributed by atoms with Gasteiger partial charge in [-0.15, -0.1) is 0 Å². The van der Waals surface area contributed by atoms with E-state index in [0.717, 1.165) is 37.7 Å². The van der Waals surface area contributed by atoms with Crippen LogP contribution >= 0.6 is 0 Å². The smallest absolute Gasteiger partial charge is 0.246 e. The summed E-state index contributed by atoms with van der Waals surface area (Å²) < 4.78 is 44.9. The van der Waals surface area contributed by atoms with E-state index in [1.165, 1.54) is 7.11 Å². The van der Waals surface area contributed by atoms with Crippen LogP contribution in [0.1, 0.15) is 37.7 Å². The number of benzene rings is 1. The lowest BCUT2D eigenvalue weighted by molar-refractivity contribution is -0.0185. The Morgan fingerprint density at radius 2 is 1.77 bits per heavy atom. The summed E-state index contributed by atoms with van der Waals surface area (Å²) in [6.45, 7) is 2.91. The first-order valence-electron chi connectivity index (χ1n) is 9.13. The highest BCUT2D eigenvalue weighted by atomic mass is 32.2. The van der Waals surface area contributed by atoms with Gasteiger partial charge in [0.05, 0.1) is 20.3 Å². The Labute approximate surface area is 156 Å². The number of hydrogen-bond donors (Lipinski definition) is 0. The van der Waals surface area contributed by atoms with Crippen molar-refractivity contribution in [2.75, 3.05) is 34.4 Å². The molecule has 6 nitrogen and oxygen atoms in total. The maximum Gasteiger partial charge on any atom is 0.246 e. The zero-order chi connectivity index (χ0) is 18.9. The molecule has 2 atom stereocenters. The Kier molecular flexibility index (Phi) is 5.51. The Hall–Kier alpha value is -1.31. The van der Waals surface area contributed by atoms with Crippen molar-refractivity contribution in [3.8, 4) is 11.5 Å². The van der Waals surface area contributed by atoms with Crippen molar-refractivity contribution in [2.24, 2.45) is 5.41 Å². The van der Waals surface area contributed by atoms with Crippen molar-refractivity contribution >= 4 is 10.0 Å². The molecular formula is C19H29NO5S. The van der Waals surface area contributed by atoms with Crippen molar-refractivity contribution in [1.29, 1.82) is 0 Å². The average molecular weight is 384 g/mol. The van der Waals surface area contributed by atoms with E-state index in [1.807, 2.05) is 6.92 Å². The third-order valence-corrected chi connectivity index (χ3v) is 7.85. The normalized spacial score (nSPS) is 27.0. The third-order valence-electron chi connectivity index (χ3n) is 5.98. The monoisotopic (exact) mass is 383 g/mol. The van der Waals surface area contributed by atoms with E-state index in [-0.39, 0.29) is 16.4 Å². The molecule has 1 saturated heterocycles. The number of aryl methyl sites for hydroxylation is 1. The van der Waals surface area contributed by atoms with Gasteiger partial charge in [0, 0.05) is 31.7 Å². The highest BCUT2D eigenvalue weighted by Crippen LogP contribution is 2.47. The summed E-state index contributed by atoms with van der Waals surface area (Å²) in [5, 5.41) is 0. The summed E-state index contributed by atoms with van der Waals surface area (Å²) in [4.78, 5) is 0.173. The zero-order valence-corrected chi connectivity index (χ0v) is 16.9. The van der Waals surface area contributed by atoms with Crippen LogP contribution in [0.4, 0.5) is 0 Å². The predicted octanol–water partition coefficient (Wildman–Crippen LogP) is 2.98. The van der Waals surface area contributed by atoms with Gasteiger partial charge in [-0.2, -0.15) is 4.31 Å². The fourth-order valence-corrected chi connectivity index (χ4v) is 6.35. The van der Waals surface area contributed by atoms with Gasteiger partial charge in [0.1, 0.15) is 16.4 Å². The minimum absolute atomic E-state index is 0.0674. The molecule has 1 spiro atoms. The second-order valence-electron chi connectivity index (χ2n) is 7.39. The number of piperidine rings is 1. The van der Waals surface area contributed by atoms with E-state index in [0.29, 0.717) is 24.6 Å². The number of ether oxygens (including phenoxy) is 3. The fraction of sp³-hybridized carbons (Fsp3) is 0.684. The molecule has 0 aromatic heterocycles. The molecule has 0 N–H and O–H groups in total. The zero-order valence-electron chi connectivity index (χ0n) is 16.1. The van der Waals surface area contributed by atoms with Crippen LogP contribution in [-0.2, 0) is 14.8 Å². The molecule has 1 heterocycles. The van der Waals surface area contributed by atoms with Crippen molar-refractivity contribution in [2.45, 2.75) is 50.0 Å². The van der Waals surface area contributed by atoms with E-state index >= 15 is 0 Å². The first kappa shape index (κ1) is 19.5. The molecule has 26 heavy (non-hydrogen) atoms. The minimum Gasteiger partial charge on any atom is -0.496 e. The summed E-state index contributed by atoms with van der Waals surface area (Å²) in [6.07, 6.45) is 5.12. The molecule has 1 saturated carbocycles. The van der Waals surface area contributed by atoms with Crippen LogP contribution in [0.3, 0.4) is 0 Å². The van der Waals surface area contributed by atoms with E-state index in [2.05, 4.69) is 0 Å². The van der Waals surface area contributed by atoms with Crippen molar-refractivity contribution in [3.63, 3.8) is 0 Å². The van der Waals surface area contributed by atoms with Crippen molar-refractivity contribution < 1.29 is 22.6 Å². The fourth-order valence-electron chi connectivity index (χ4n) is 4.63. The van der Waals surface area contributed by atoms with Crippen molar-refractivity contribution in [1.82, 2.24) is 4.31 Å². The number of methoxy groups -OCH3 is 3. The molecule has 1 aromatic rings. The maximum absolute atomic E-state index is 13.4. The van der Waals surface area contributed by atoms with Gasteiger partial charge < -0.3 is 14.2 Å². The maximum atomic E-state index is 13.4. The Morgan fingerprint density at radius 1 is 1.08 bits per heavy atom. The van der Waals surface area contributed by atoms with Gasteiger partial charge in [-0.3, -0.25) is 0 Å². The molecule has 1 aliphatic heterocycles. The molecule has 1 unspecified atom stereocenters. The molecule has 2 fully saturated rings. The third kappa shape index (κ3) is 3.21. The number of nitrogens with zero attached hydrogens (tertiary/aromatic N) is 1. The quantitative estimate of drug-likeness (QED) is 0.782. The molecular weight excluding hydrogens is 354 g/mol. The van der Waals surface area contributed by atoms with Crippen LogP contribution in [0.5, 0.6) is 11.5 Å². The van der Waals surface area contributed by atoms with Gasteiger partial charge in [0.15, 0.2) is 0 Å². The SMILES string of the molecule is COc1cc(S(=O)(=O)N2CCC[C@]3(CCCC3OC)C2)c(OC)cc1C. The Morgan fingerprint density at radius 3 is 2.42 bits per heavy atom. The van der Waals surface area contributed by atoms with E-state index < -0.39 is 10.0 Å². The summed E-state index contributed by atoms with van der Waals surface area (Å²) in [5.74, 6) is 0.907. The topological polar surface area (TPSA) is 65.1 Å². The molecule has 0 radical (unpaired) electrons. The lowest BCUT2D eigenvalue weighted by Crippen LogP contribution is -2.49. The number of rotatable bonds is 5. The van der Waals surface area contributed by atoms with Crippen LogP contribution in [0.25, 0.3) is 0 Å². The number of hydrogen-bond acceptors (Lipinski definition) is 5. The molecule has 0 bridgehead atoms. The second-order valence-corrected chi connectivity index (χ2v) is 9.30. The van der Waals surface area contributed by atoms with E-state index in [9.17, 15) is 8.42 Å². The summed E-state index contributed by atoms with van der Waals surface area (Å²) in [7, 11) is 1.10. The summed E-state index contributed by atoms with van der Waals surface area (Å²) >= 11 is 0. The first-order valence-corrected chi connectivity index (χ1v) is 10.6. The van der Waals surface area contributed by atoms with Crippen LogP contribution in [-0.4, -0.2) is 53.2 Å². The average Bonchev–Trinajstić information content (AvgIpc) is 3.02. The summed E-state index contributed by atoms with van der Waals surface area (Å²) in [6, 6.07) is 3.30. The van der Waals surface area contributed by atoms with Crippen LogP contribution in [0, 0.1) is 12.3 Å². The highest BCUT2D eigenvalue weighted by Gasteiger charge is 2.48. The van der Waals surface area contributed by atoms with Crippen LogP contribution in [0.15, 0.2) is 17.0 Å². The Bertz CT molecular complexity index is 763. The molecule has 146 valence electrons. The molecule has 2 aliphatic rings. The Balaban J connectivity index is 1.98. The van der Waals surface area contributed by atoms with Gasteiger partial charge in [-0.25, -0.2) is 8.42 Å². The first-order chi connectivity index (χ1) is 12.4. The lowest BCUT2D eigenvalue weighted by atomic mass is 9.77. The summed E-state index contributed by atoms with van der Waals surface area (Å²) in [5.41, 5.74) is 0.774. The van der Waals surface area contributed by atoms with E-state index in [4.69, 9.17) is 14.2 Å². The number of sulfonamides is 1. The minimum atomic E-state index is -3.68.